The molecular weight excluding hydrogens is 594 g/mol. The van der Waals surface area contributed by atoms with Gasteiger partial charge in [0.2, 0.25) is 11.8 Å². The fourth-order valence-electron chi connectivity index (χ4n) is 5.34. The maximum absolute atomic E-state index is 14.3. The molecule has 0 unspecified atom stereocenters. The summed E-state index contributed by atoms with van der Waals surface area (Å²) in [7, 11) is 1.54. The predicted molar refractivity (Wildman–Crippen MR) is 175 cm³/mol. The molecule has 47 heavy (non-hydrogen) atoms. The lowest BCUT2D eigenvalue weighted by molar-refractivity contribution is -0.123. The summed E-state index contributed by atoms with van der Waals surface area (Å²) in [6.45, 7) is 0. The maximum Gasteiger partial charge on any atom is 0.319 e. The number of nitrogens with one attached hydrogen (secondary N) is 3. The normalized spacial score (nSPS) is 11.7. The van der Waals surface area contributed by atoms with Crippen LogP contribution in [0.5, 0.6) is 5.75 Å². The number of rotatable bonds is 11. The molecular formula is C36H31N7O4. The maximum atomic E-state index is 14.3. The zero-order valence-electron chi connectivity index (χ0n) is 25.4. The molecule has 0 aliphatic rings. The van der Waals surface area contributed by atoms with Crippen LogP contribution >= 0.6 is 0 Å². The number of ether oxygens (including phenoxy) is 1. The fourth-order valence-corrected chi connectivity index (χ4v) is 5.34. The Hall–Kier alpha value is -6.36. The van der Waals surface area contributed by atoms with Crippen molar-refractivity contribution in [2.75, 3.05) is 12.4 Å². The Morgan fingerprint density at radius 1 is 0.809 bits per heavy atom. The van der Waals surface area contributed by atoms with Crippen LogP contribution < -0.4 is 20.7 Å². The van der Waals surface area contributed by atoms with Crippen molar-refractivity contribution < 1.29 is 18.7 Å². The number of amides is 3. The first-order valence-corrected chi connectivity index (χ1v) is 14.8. The number of carbonyl (C=O) groups is 2. The standard InChI is InChI=1S/C36H31N7O4/c1-46-29-19-11-18-28(22-29)39-35(45)40-30(33-42-43-34(47-33)31-24-37-20-21-38-31)23-32(44)41-36(25-12-5-2-6-13-25,26-14-7-3-8-15-26)27-16-9-4-10-17-27/h2-22,24,30H,23H2,1H3,(H,41,44)(H2,39,40,45)/t30-/m0/s1. The number of benzene rings is 4. The number of aromatic nitrogens is 4. The van der Waals surface area contributed by atoms with Gasteiger partial charge in [-0.2, -0.15) is 0 Å². The lowest BCUT2D eigenvalue weighted by atomic mass is 9.77. The van der Waals surface area contributed by atoms with Gasteiger partial charge in [-0.1, -0.05) is 97.1 Å². The summed E-state index contributed by atoms with van der Waals surface area (Å²) in [6, 6.07) is 34.5. The van der Waals surface area contributed by atoms with Crippen LogP contribution in [0.15, 0.2) is 138 Å². The summed E-state index contributed by atoms with van der Waals surface area (Å²) in [5.41, 5.74) is 2.35. The van der Waals surface area contributed by atoms with Gasteiger partial charge in [-0.3, -0.25) is 9.78 Å². The van der Waals surface area contributed by atoms with Crippen LogP contribution in [0.2, 0.25) is 0 Å². The molecule has 234 valence electrons. The van der Waals surface area contributed by atoms with Crippen LogP contribution in [0.4, 0.5) is 10.5 Å². The molecule has 0 saturated carbocycles. The van der Waals surface area contributed by atoms with Gasteiger partial charge in [0, 0.05) is 24.1 Å². The van der Waals surface area contributed by atoms with Crippen molar-refractivity contribution in [1.29, 1.82) is 0 Å². The molecule has 0 fully saturated rings. The van der Waals surface area contributed by atoms with Crippen LogP contribution in [0.1, 0.15) is 35.0 Å². The Balaban J connectivity index is 1.35. The summed E-state index contributed by atoms with van der Waals surface area (Å²) in [6.07, 6.45) is 4.27. The highest BCUT2D eigenvalue weighted by Gasteiger charge is 2.39. The van der Waals surface area contributed by atoms with Crippen molar-refractivity contribution in [3.63, 3.8) is 0 Å². The SMILES string of the molecule is COc1cccc(NC(=O)N[C@@H](CC(=O)NC(c2ccccc2)(c2ccccc2)c2ccccc2)c2nnc(-c3cnccn3)o2)c1. The van der Waals surface area contributed by atoms with E-state index < -0.39 is 17.6 Å². The molecule has 11 nitrogen and oxygen atoms in total. The lowest BCUT2D eigenvalue weighted by Gasteiger charge is -2.37. The number of nitrogens with zero attached hydrogens (tertiary/aromatic N) is 4. The Kier molecular flexibility index (Phi) is 9.24. The second-order valence-electron chi connectivity index (χ2n) is 10.5. The van der Waals surface area contributed by atoms with Crippen molar-refractivity contribution in [3.05, 3.63) is 156 Å². The summed E-state index contributed by atoms with van der Waals surface area (Å²) in [4.78, 5) is 35.8. The number of hydrogen-bond donors (Lipinski definition) is 3. The summed E-state index contributed by atoms with van der Waals surface area (Å²) in [5, 5.41) is 17.2. The van der Waals surface area contributed by atoms with Gasteiger partial charge in [0.05, 0.1) is 19.7 Å². The van der Waals surface area contributed by atoms with Gasteiger partial charge in [-0.15, -0.1) is 10.2 Å². The summed E-state index contributed by atoms with van der Waals surface area (Å²) in [5.74, 6) is 0.308. The molecule has 4 aromatic carbocycles. The van der Waals surface area contributed by atoms with E-state index in [0.29, 0.717) is 17.1 Å². The van der Waals surface area contributed by atoms with Crippen molar-refractivity contribution >= 4 is 17.6 Å². The molecule has 3 N–H and O–H groups in total. The zero-order chi connectivity index (χ0) is 32.5. The van der Waals surface area contributed by atoms with E-state index in [1.807, 2.05) is 91.0 Å². The van der Waals surface area contributed by atoms with E-state index in [4.69, 9.17) is 9.15 Å². The number of anilines is 1. The first kappa shape index (κ1) is 30.7. The molecule has 11 heteroatoms. The van der Waals surface area contributed by atoms with E-state index in [9.17, 15) is 9.59 Å². The average Bonchev–Trinajstić information content (AvgIpc) is 3.63. The second kappa shape index (κ2) is 14.2. The summed E-state index contributed by atoms with van der Waals surface area (Å²) < 4.78 is 11.2. The van der Waals surface area contributed by atoms with E-state index >= 15 is 0 Å². The van der Waals surface area contributed by atoms with E-state index in [-0.39, 0.29) is 24.1 Å². The molecule has 0 bridgehead atoms. The third-order valence-electron chi connectivity index (χ3n) is 7.49. The smallest absolute Gasteiger partial charge is 0.319 e. The first-order chi connectivity index (χ1) is 23.0. The minimum atomic E-state index is -1.06. The Morgan fingerprint density at radius 2 is 1.45 bits per heavy atom. The Labute approximate surface area is 271 Å². The fraction of sp³-hybridized carbons (Fsp3) is 0.111. The zero-order valence-corrected chi connectivity index (χ0v) is 25.4. The van der Waals surface area contributed by atoms with Crippen LogP contribution in [-0.2, 0) is 10.3 Å². The first-order valence-electron chi connectivity index (χ1n) is 14.8. The largest absolute Gasteiger partial charge is 0.497 e. The molecule has 3 amide bonds. The molecule has 6 rings (SSSR count). The van der Waals surface area contributed by atoms with Gasteiger partial charge in [0.15, 0.2) is 0 Å². The van der Waals surface area contributed by atoms with Gasteiger partial charge < -0.3 is 25.1 Å². The molecule has 6 aromatic rings. The highest BCUT2D eigenvalue weighted by Crippen LogP contribution is 2.37. The highest BCUT2D eigenvalue weighted by atomic mass is 16.5. The molecule has 0 saturated heterocycles. The predicted octanol–water partition coefficient (Wildman–Crippen LogP) is 5.90. The highest BCUT2D eigenvalue weighted by molar-refractivity contribution is 5.90. The van der Waals surface area contributed by atoms with E-state index in [2.05, 4.69) is 36.1 Å². The Morgan fingerprint density at radius 3 is 2.02 bits per heavy atom. The van der Waals surface area contributed by atoms with Crippen molar-refractivity contribution in [2.24, 2.45) is 0 Å². The summed E-state index contributed by atoms with van der Waals surface area (Å²) >= 11 is 0. The molecule has 0 aliphatic heterocycles. The third-order valence-corrected chi connectivity index (χ3v) is 7.49. The number of carbonyl (C=O) groups excluding carboxylic acids is 2. The third kappa shape index (κ3) is 6.99. The minimum absolute atomic E-state index is 0.0197. The van der Waals surface area contributed by atoms with Crippen molar-refractivity contribution in [2.45, 2.75) is 18.0 Å². The van der Waals surface area contributed by atoms with Gasteiger partial charge in [0.1, 0.15) is 23.0 Å². The van der Waals surface area contributed by atoms with E-state index in [1.165, 1.54) is 18.6 Å². The molecule has 1 atom stereocenters. The van der Waals surface area contributed by atoms with E-state index in [0.717, 1.165) is 16.7 Å². The molecule has 2 heterocycles. The van der Waals surface area contributed by atoms with Gasteiger partial charge in [-0.25, -0.2) is 9.78 Å². The Bertz CT molecular complexity index is 1820. The van der Waals surface area contributed by atoms with Gasteiger partial charge >= 0.3 is 6.03 Å². The average molecular weight is 626 g/mol. The van der Waals surface area contributed by atoms with Crippen LogP contribution in [-0.4, -0.2) is 39.2 Å². The molecule has 0 radical (unpaired) electrons. The van der Waals surface area contributed by atoms with Crippen LogP contribution in [0.3, 0.4) is 0 Å². The lowest BCUT2D eigenvalue weighted by Crippen LogP contribution is -2.49. The van der Waals surface area contributed by atoms with Gasteiger partial charge in [0.25, 0.3) is 5.89 Å². The van der Waals surface area contributed by atoms with Crippen LogP contribution in [0.25, 0.3) is 11.6 Å². The molecule has 2 aromatic heterocycles. The van der Waals surface area contributed by atoms with Gasteiger partial charge in [-0.05, 0) is 28.8 Å². The number of urea groups is 1. The van der Waals surface area contributed by atoms with Crippen LogP contribution in [0, 0.1) is 0 Å². The van der Waals surface area contributed by atoms with Crippen molar-refractivity contribution in [1.82, 2.24) is 30.8 Å². The topological polar surface area (TPSA) is 144 Å². The molecule has 0 spiro atoms. The van der Waals surface area contributed by atoms with E-state index in [1.54, 1.807) is 31.4 Å². The number of hydrogen-bond acceptors (Lipinski definition) is 8. The minimum Gasteiger partial charge on any atom is -0.497 e. The second-order valence-corrected chi connectivity index (χ2v) is 10.5. The van der Waals surface area contributed by atoms with Crippen molar-refractivity contribution in [3.8, 4) is 17.3 Å². The number of methoxy groups -OCH3 is 1. The quantitative estimate of drug-likeness (QED) is 0.151. The monoisotopic (exact) mass is 625 g/mol. The molecule has 0 aliphatic carbocycles.